The molecule has 8 heteroatoms. The highest BCUT2D eigenvalue weighted by atomic mass is 19.4. The van der Waals surface area contributed by atoms with Gasteiger partial charge < -0.3 is 4.74 Å². The first-order chi connectivity index (χ1) is 18.9. The molecule has 0 spiro atoms. The predicted octanol–water partition coefficient (Wildman–Crippen LogP) is 8.56. The lowest BCUT2D eigenvalue weighted by Crippen LogP contribution is -2.04. The largest absolute Gasteiger partial charge is 0.489 e. The van der Waals surface area contributed by atoms with E-state index in [4.69, 9.17) is 4.74 Å². The molecule has 0 atom stereocenters. The van der Waals surface area contributed by atoms with Crippen LogP contribution in [0.3, 0.4) is 0 Å². The first kappa shape index (κ1) is 28.2. The lowest BCUT2D eigenvalue weighted by Gasteiger charge is -2.08. The normalized spacial score (nSPS) is 11.2. The zero-order chi connectivity index (χ0) is 28.9. The second-order valence-electron chi connectivity index (χ2n) is 8.78. The van der Waals surface area contributed by atoms with E-state index < -0.39 is 23.5 Å². The van der Waals surface area contributed by atoms with Gasteiger partial charge in [0.25, 0.3) is 0 Å². The molecule has 1 radical (unpaired) electrons. The Bertz CT molecular complexity index is 1530. The molecular formula is C32H19F6O2. The van der Waals surface area contributed by atoms with Gasteiger partial charge in [-0.3, -0.25) is 5.11 Å². The lowest BCUT2D eigenvalue weighted by molar-refractivity contribution is -0.138. The number of hydrogen-bond acceptors (Lipinski definition) is 1. The number of halogens is 6. The number of ether oxygens (including phenoxy) is 1. The molecule has 4 aromatic rings. The molecule has 0 heterocycles. The van der Waals surface area contributed by atoms with Crippen molar-refractivity contribution in [1.29, 1.82) is 0 Å². The van der Waals surface area contributed by atoms with Gasteiger partial charge in [0.1, 0.15) is 12.4 Å². The third-order valence-electron chi connectivity index (χ3n) is 5.67. The van der Waals surface area contributed by atoms with Crippen LogP contribution in [0, 0.1) is 30.6 Å². The number of hydrogen-bond donors (Lipinski definition) is 0. The van der Waals surface area contributed by atoms with E-state index in [0.29, 0.717) is 39.1 Å². The summed E-state index contributed by atoms with van der Waals surface area (Å²) in [7, 11) is 0. The molecule has 0 aromatic heterocycles. The van der Waals surface area contributed by atoms with Crippen molar-refractivity contribution in [3.63, 3.8) is 0 Å². The summed E-state index contributed by atoms with van der Waals surface area (Å²) in [5.74, 6) is 11.9. The van der Waals surface area contributed by atoms with E-state index in [9.17, 15) is 31.4 Å². The van der Waals surface area contributed by atoms with E-state index in [1.807, 2.05) is 0 Å². The van der Waals surface area contributed by atoms with Crippen molar-refractivity contribution in [2.75, 3.05) is 0 Å². The van der Waals surface area contributed by atoms with Gasteiger partial charge in [0.05, 0.1) is 11.1 Å². The molecule has 0 fully saturated rings. The average molecular weight is 549 g/mol. The fraction of sp³-hybridized carbons (Fsp3) is 0.125. The monoisotopic (exact) mass is 549 g/mol. The first-order valence-electron chi connectivity index (χ1n) is 11.8. The van der Waals surface area contributed by atoms with Crippen LogP contribution in [0.1, 0.15) is 44.5 Å². The molecule has 0 amide bonds. The quantitative estimate of drug-likeness (QED) is 0.186. The Labute approximate surface area is 226 Å². The Kier molecular flexibility index (Phi) is 8.11. The number of rotatable bonds is 3. The van der Waals surface area contributed by atoms with Crippen molar-refractivity contribution in [2.45, 2.75) is 25.9 Å². The minimum absolute atomic E-state index is 0.0996. The predicted molar refractivity (Wildman–Crippen MR) is 137 cm³/mol. The Hall–Kier alpha value is -4.82. The summed E-state index contributed by atoms with van der Waals surface area (Å²) in [6.45, 7) is 1.77. The zero-order valence-electron chi connectivity index (χ0n) is 20.9. The summed E-state index contributed by atoms with van der Waals surface area (Å²) in [4.78, 5) is 0. The van der Waals surface area contributed by atoms with Crippen LogP contribution in [0.2, 0.25) is 0 Å². The molecule has 0 saturated carbocycles. The SMILES string of the molecule is Cc1cc(OCc2cc(C#Cc3ccc(C(F)(F)F)cc3)cc(C#Cc3ccc(C(F)(F)F)cc3)c2)ccc1[O]. The second-order valence-corrected chi connectivity index (χ2v) is 8.78. The highest BCUT2D eigenvalue weighted by Gasteiger charge is 2.30. The van der Waals surface area contributed by atoms with Crippen molar-refractivity contribution >= 4 is 0 Å². The minimum Gasteiger partial charge on any atom is -0.489 e. The van der Waals surface area contributed by atoms with Gasteiger partial charge in [-0.05, 0) is 97.4 Å². The highest BCUT2D eigenvalue weighted by Crippen LogP contribution is 2.30. The van der Waals surface area contributed by atoms with Gasteiger partial charge >= 0.3 is 12.4 Å². The van der Waals surface area contributed by atoms with Gasteiger partial charge in [0.2, 0.25) is 0 Å². The number of benzene rings is 4. The Morgan fingerprint density at radius 2 is 1.05 bits per heavy atom. The van der Waals surface area contributed by atoms with E-state index in [0.717, 1.165) is 24.3 Å². The zero-order valence-corrected chi connectivity index (χ0v) is 20.9. The van der Waals surface area contributed by atoms with Crippen LogP contribution in [0.15, 0.2) is 84.9 Å². The molecule has 0 aliphatic rings. The van der Waals surface area contributed by atoms with Crippen LogP contribution in [0.25, 0.3) is 0 Å². The van der Waals surface area contributed by atoms with Gasteiger partial charge in [-0.1, -0.05) is 23.7 Å². The van der Waals surface area contributed by atoms with Gasteiger partial charge in [0.15, 0.2) is 5.75 Å². The molecule has 0 aliphatic carbocycles. The molecule has 0 unspecified atom stereocenters. The molecular weight excluding hydrogens is 530 g/mol. The molecule has 0 aliphatic heterocycles. The highest BCUT2D eigenvalue weighted by molar-refractivity contribution is 5.51. The Morgan fingerprint density at radius 3 is 1.48 bits per heavy atom. The number of aryl methyl sites for hydroxylation is 1. The van der Waals surface area contributed by atoms with E-state index in [1.54, 1.807) is 37.3 Å². The van der Waals surface area contributed by atoms with Crippen molar-refractivity contribution in [1.82, 2.24) is 0 Å². The van der Waals surface area contributed by atoms with Crippen molar-refractivity contribution in [3.8, 4) is 35.2 Å². The van der Waals surface area contributed by atoms with Crippen molar-refractivity contribution in [2.24, 2.45) is 0 Å². The Balaban J connectivity index is 1.63. The topological polar surface area (TPSA) is 29.1 Å². The fourth-order valence-electron chi connectivity index (χ4n) is 3.57. The summed E-state index contributed by atoms with van der Waals surface area (Å²) < 4.78 is 82.8. The maximum Gasteiger partial charge on any atom is 0.416 e. The molecule has 4 rings (SSSR count). The summed E-state index contributed by atoms with van der Waals surface area (Å²) in [6, 6.07) is 18.6. The maximum absolute atomic E-state index is 12.8. The third kappa shape index (κ3) is 7.61. The van der Waals surface area contributed by atoms with E-state index in [2.05, 4.69) is 23.7 Å². The smallest absolute Gasteiger partial charge is 0.416 e. The van der Waals surface area contributed by atoms with Gasteiger partial charge in [-0.2, -0.15) is 26.3 Å². The van der Waals surface area contributed by atoms with Gasteiger partial charge in [-0.25, -0.2) is 0 Å². The molecule has 0 bridgehead atoms. The van der Waals surface area contributed by atoms with Crippen LogP contribution in [-0.4, -0.2) is 0 Å². The van der Waals surface area contributed by atoms with Crippen molar-refractivity contribution in [3.05, 3.63) is 129 Å². The first-order valence-corrected chi connectivity index (χ1v) is 11.8. The third-order valence-corrected chi connectivity index (χ3v) is 5.67. The van der Waals surface area contributed by atoms with Crippen LogP contribution in [-0.2, 0) is 24.1 Å². The standard InChI is InChI=1S/C32H19F6O2/c1-21-16-29(14-15-30(21)39)40-20-26-18-24(4-2-22-6-10-27(11-7-22)31(33,34)35)17-25(19-26)5-3-23-8-12-28(13-9-23)32(36,37)38/h6-19H,20H2,1H3. The molecule has 4 aromatic carbocycles. The lowest BCUT2D eigenvalue weighted by atomic mass is 10.0. The molecule has 2 nitrogen and oxygen atoms in total. The summed E-state index contributed by atoms with van der Waals surface area (Å²) >= 11 is 0. The van der Waals surface area contributed by atoms with E-state index >= 15 is 0 Å². The van der Waals surface area contributed by atoms with E-state index in [1.165, 1.54) is 30.3 Å². The van der Waals surface area contributed by atoms with Gasteiger partial charge in [-0.15, -0.1) is 0 Å². The van der Waals surface area contributed by atoms with E-state index in [-0.39, 0.29) is 12.4 Å². The van der Waals surface area contributed by atoms with Crippen LogP contribution in [0.4, 0.5) is 26.3 Å². The summed E-state index contributed by atoms with van der Waals surface area (Å²) in [6.07, 6.45) is -8.90. The average Bonchev–Trinajstić information content (AvgIpc) is 2.91. The maximum atomic E-state index is 12.8. The minimum atomic E-state index is -4.45. The van der Waals surface area contributed by atoms with Crippen LogP contribution >= 0.6 is 0 Å². The summed E-state index contributed by atoms with van der Waals surface area (Å²) in [5, 5.41) is 11.7. The van der Waals surface area contributed by atoms with Crippen LogP contribution < -0.4 is 4.74 Å². The number of alkyl halides is 6. The van der Waals surface area contributed by atoms with Crippen molar-refractivity contribution < 1.29 is 36.2 Å². The fourth-order valence-corrected chi connectivity index (χ4v) is 3.57. The molecule has 0 saturated heterocycles. The van der Waals surface area contributed by atoms with Gasteiger partial charge in [0, 0.05) is 27.8 Å². The Morgan fingerprint density at radius 1 is 0.600 bits per heavy atom. The molecule has 0 N–H and O–H groups in total. The molecule has 40 heavy (non-hydrogen) atoms. The summed E-state index contributed by atoms with van der Waals surface area (Å²) in [5.41, 5.74) is 1.39. The van der Waals surface area contributed by atoms with Crippen LogP contribution in [0.5, 0.6) is 11.5 Å². The second kappa shape index (κ2) is 11.5. The molecule has 201 valence electrons.